The van der Waals surface area contributed by atoms with Gasteiger partial charge in [-0.25, -0.2) is 0 Å². The van der Waals surface area contributed by atoms with E-state index in [-0.39, 0.29) is 5.41 Å². The smallest absolute Gasteiger partial charge is 0.139 e. The van der Waals surface area contributed by atoms with Gasteiger partial charge in [0, 0.05) is 11.8 Å². The van der Waals surface area contributed by atoms with Gasteiger partial charge in [-0.15, -0.1) is 0 Å². The summed E-state index contributed by atoms with van der Waals surface area (Å²) in [4.78, 5) is 13.1. The van der Waals surface area contributed by atoms with Crippen LogP contribution in [0.15, 0.2) is 48.5 Å². The van der Waals surface area contributed by atoms with E-state index in [1.54, 1.807) is 0 Å². The van der Waals surface area contributed by atoms with Gasteiger partial charge in [-0.3, -0.25) is 4.79 Å². The molecule has 2 saturated carbocycles. The van der Waals surface area contributed by atoms with Crippen molar-refractivity contribution >= 4 is 5.78 Å². The van der Waals surface area contributed by atoms with Crippen molar-refractivity contribution in [3.8, 4) is 5.75 Å². The number of rotatable bonds is 3. The molecule has 0 saturated heterocycles. The number of aromatic hydroxyl groups is 1. The van der Waals surface area contributed by atoms with Crippen molar-refractivity contribution in [1.29, 1.82) is 0 Å². The molecule has 0 bridgehead atoms. The molecule has 5 rings (SSSR count). The Bertz CT molecular complexity index is 887. The molecule has 0 heterocycles. The topological polar surface area (TPSA) is 37.3 Å². The summed E-state index contributed by atoms with van der Waals surface area (Å²) in [5.74, 6) is 3.12. The molecule has 5 unspecified atom stereocenters. The van der Waals surface area contributed by atoms with E-state index in [0.717, 1.165) is 44.9 Å². The predicted octanol–water partition coefficient (Wildman–Crippen LogP) is 5.68. The molecule has 1 N–H and O–H groups in total. The number of carbonyl (C=O) groups excluding carboxylic acids is 1. The highest BCUT2D eigenvalue weighted by Gasteiger charge is 2.58. The van der Waals surface area contributed by atoms with Crippen LogP contribution >= 0.6 is 0 Å². The summed E-state index contributed by atoms with van der Waals surface area (Å²) in [6.45, 7) is 2.27. The van der Waals surface area contributed by atoms with Crippen molar-refractivity contribution in [1.82, 2.24) is 0 Å². The zero-order valence-corrected chi connectivity index (χ0v) is 16.7. The lowest BCUT2D eigenvalue weighted by atomic mass is 9.54. The lowest BCUT2D eigenvalue weighted by molar-refractivity contribution is -0.129. The van der Waals surface area contributed by atoms with Crippen LogP contribution in [0, 0.1) is 23.2 Å². The molecular weight excluding hydrogens is 344 g/mol. The van der Waals surface area contributed by atoms with E-state index in [4.69, 9.17) is 0 Å². The largest absolute Gasteiger partial charge is 0.508 e. The first-order valence-corrected chi connectivity index (χ1v) is 11.0. The van der Waals surface area contributed by atoms with E-state index >= 15 is 0 Å². The van der Waals surface area contributed by atoms with Crippen LogP contribution in [-0.4, -0.2) is 10.9 Å². The molecule has 28 heavy (non-hydrogen) atoms. The second-order valence-corrected chi connectivity index (χ2v) is 9.59. The molecule has 2 aromatic rings. The molecule has 2 aromatic carbocycles. The van der Waals surface area contributed by atoms with E-state index in [1.165, 1.54) is 16.7 Å². The number of ketones is 1. The summed E-state index contributed by atoms with van der Waals surface area (Å²) in [7, 11) is 0. The van der Waals surface area contributed by atoms with Crippen LogP contribution in [0.5, 0.6) is 5.75 Å². The molecule has 0 aliphatic heterocycles. The summed E-state index contributed by atoms with van der Waals surface area (Å²) < 4.78 is 0. The van der Waals surface area contributed by atoms with Crippen LogP contribution in [0.25, 0.3) is 0 Å². The Hall–Kier alpha value is -2.09. The second kappa shape index (κ2) is 6.76. The van der Waals surface area contributed by atoms with Crippen molar-refractivity contribution in [2.24, 2.45) is 23.2 Å². The number of phenols is 1. The Morgan fingerprint density at radius 2 is 1.93 bits per heavy atom. The average Bonchev–Trinajstić information content (AvgIpc) is 2.97. The normalized spacial score (nSPS) is 33.8. The molecule has 3 aliphatic carbocycles. The Labute approximate surface area is 168 Å². The summed E-state index contributed by atoms with van der Waals surface area (Å²) in [6, 6.07) is 16.7. The van der Waals surface area contributed by atoms with E-state index in [0.29, 0.717) is 35.2 Å². The van der Waals surface area contributed by atoms with Gasteiger partial charge in [-0.1, -0.05) is 43.3 Å². The van der Waals surface area contributed by atoms with Crippen LogP contribution in [0.4, 0.5) is 0 Å². The third kappa shape index (κ3) is 2.80. The monoisotopic (exact) mass is 374 g/mol. The highest BCUT2D eigenvalue weighted by molar-refractivity contribution is 5.87. The van der Waals surface area contributed by atoms with Crippen molar-refractivity contribution in [3.05, 3.63) is 65.2 Å². The van der Waals surface area contributed by atoms with Crippen LogP contribution in [-0.2, 0) is 17.6 Å². The molecule has 0 radical (unpaired) electrons. The van der Waals surface area contributed by atoms with Gasteiger partial charge >= 0.3 is 0 Å². The van der Waals surface area contributed by atoms with Gasteiger partial charge < -0.3 is 5.11 Å². The summed E-state index contributed by atoms with van der Waals surface area (Å²) >= 11 is 0. The minimum absolute atomic E-state index is 0.114. The van der Waals surface area contributed by atoms with E-state index < -0.39 is 0 Å². The minimum Gasteiger partial charge on any atom is -0.508 e. The molecule has 3 aliphatic rings. The number of Topliss-reactive ketones (excluding diaryl/α,β-unsaturated/α-hetero) is 1. The van der Waals surface area contributed by atoms with Gasteiger partial charge in [-0.05, 0) is 91.0 Å². The number of phenolic OH excluding ortho intramolecular Hbond substituents is 1. The molecule has 0 aromatic heterocycles. The van der Waals surface area contributed by atoms with E-state index in [1.807, 2.05) is 12.1 Å². The molecule has 5 atom stereocenters. The van der Waals surface area contributed by atoms with Gasteiger partial charge in [0.25, 0.3) is 0 Å². The van der Waals surface area contributed by atoms with Crippen LogP contribution < -0.4 is 0 Å². The lowest BCUT2D eigenvalue weighted by Gasteiger charge is -2.50. The summed E-state index contributed by atoms with van der Waals surface area (Å²) in [6.07, 6.45) is 7.33. The maximum atomic E-state index is 13.1. The molecule has 2 heteroatoms. The van der Waals surface area contributed by atoms with Crippen molar-refractivity contribution in [3.63, 3.8) is 0 Å². The first-order chi connectivity index (χ1) is 13.6. The predicted molar refractivity (Wildman–Crippen MR) is 111 cm³/mol. The lowest BCUT2D eigenvalue weighted by Crippen LogP contribution is -2.44. The number of fused-ring (bicyclic) bond motifs is 5. The molecule has 2 fully saturated rings. The number of carbonyl (C=O) groups is 1. The average molecular weight is 375 g/mol. The first kappa shape index (κ1) is 18.0. The maximum Gasteiger partial charge on any atom is 0.139 e. The Morgan fingerprint density at radius 3 is 2.75 bits per heavy atom. The zero-order chi connectivity index (χ0) is 19.3. The van der Waals surface area contributed by atoms with E-state index in [9.17, 15) is 9.90 Å². The van der Waals surface area contributed by atoms with Crippen LogP contribution in [0.1, 0.15) is 61.6 Å². The maximum absolute atomic E-state index is 13.1. The van der Waals surface area contributed by atoms with Crippen LogP contribution in [0.3, 0.4) is 0 Å². The fourth-order valence-electron chi connectivity index (χ4n) is 6.89. The second-order valence-electron chi connectivity index (χ2n) is 9.59. The standard InChI is InChI=1S/C26H30O2/c1-26-14-13-22-21-12-10-20(27)15-18(21)9-11-23(22)25(26)19(16-24(26)28)8-7-17-5-3-2-4-6-17/h2-6,10,12,15,19,22-23,25,27H,7-9,11,13-14,16H2,1H3. The highest BCUT2D eigenvalue weighted by atomic mass is 16.3. The highest BCUT2D eigenvalue weighted by Crippen LogP contribution is 2.62. The molecular formula is C26H30O2. The van der Waals surface area contributed by atoms with Crippen molar-refractivity contribution in [2.75, 3.05) is 0 Å². The van der Waals surface area contributed by atoms with E-state index in [2.05, 4.69) is 43.3 Å². The Balaban J connectivity index is 1.43. The van der Waals surface area contributed by atoms with Crippen molar-refractivity contribution in [2.45, 2.75) is 57.8 Å². The summed E-state index contributed by atoms with van der Waals surface area (Å²) in [5.41, 5.74) is 4.05. The number of aryl methyl sites for hydroxylation is 2. The molecule has 2 nitrogen and oxygen atoms in total. The summed E-state index contributed by atoms with van der Waals surface area (Å²) in [5, 5.41) is 9.89. The van der Waals surface area contributed by atoms with Gasteiger partial charge in [-0.2, -0.15) is 0 Å². The SMILES string of the molecule is CC12CCC3c4ccc(O)cc4CCC3C1C(CCc1ccccc1)CC2=O. The minimum atomic E-state index is -0.114. The molecule has 146 valence electrons. The zero-order valence-electron chi connectivity index (χ0n) is 16.7. The Morgan fingerprint density at radius 1 is 1.11 bits per heavy atom. The van der Waals surface area contributed by atoms with Crippen LogP contribution in [0.2, 0.25) is 0 Å². The number of hydrogen-bond acceptors (Lipinski definition) is 2. The third-order valence-corrected chi connectivity index (χ3v) is 8.20. The fourth-order valence-corrected chi connectivity index (χ4v) is 6.89. The Kier molecular flexibility index (Phi) is 4.34. The molecule has 0 spiro atoms. The third-order valence-electron chi connectivity index (χ3n) is 8.20. The van der Waals surface area contributed by atoms with Gasteiger partial charge in [0.05, 0.1) is 0 Å². The fraction of sp³-hybridized carbons (Fsp3) is 0.500. The van der Waals surface area contributed by atoms with Gasteiger partial charge in [0.15, 0.2) is 0 Å². The van der Waals surface area contributed by atoms with Gasteiger partial charge in [0.1, 0.15) is 11.5 Å². The first-order valence-electron chi connectivity index (χ1n) is 11.0. The quantitative estimate of drug-likeness (QED) is 0.751. The molecule has 0 amide bonds. The van der Waals surface area contributed by atoms with Crippen molar-refractivity contribution < 1.29 is 9.90 Å². The number of benzene rings is 2. The van der Waals surface area contributed by atoms with Gasteiger partial charge in [0.2, 0.25) is 0 Å². The number of hydrogen-bond donors (Lipinski definition) is 1.